The van der Waals surface area contributed by atoms with Gasteiger partial charge in [0.2, 0.25) is 5.09 Å². The van der Waals surface area contributed by atoms with E-state index in [2.05, 4.69) is 20.4 Å². The zero-order valence-corrected chi connectivity index (χ0v) is 11.2. The van der Waals surface area contributed by atoms with Crippen molar-refractivity contribution in [1.29, 1.82) is 0 Å². The highest BCUT2D eigenvalue weighted by Crippen LogP contribution is 2.12. The molecule has 0 saturated heterocycles. The summed E-state index contributed by atoms with van der Waals surface area (Å²) in [6.45, 7) is 1.81. The predicted molar refractivity (Wildman–Crippen MR) is 66.7 cm³/mol. The van der Waals surface area contributed by atoms with E-state index in [0.717, 1.165) is 0 Å². The van der Waals surface area contributed by atoms with Crippen LogP contribution in [0, 0.1) is 0 Å². The van der Waals surface area contributed by atoms with Gasteiger partial charge in [-0.05, 0) is 19.2 Å². The lowest BCUT2D eigenvalue weighted by atomic mass is 10.4. The molecule has 9 heteroatoms. The molecule has 0 fully saturated rings. The Morgan fingerprint density at radius 2 is 2.26 bits per heavy atom. The van der Waals surface area contributed by atoms with Gasteiger partial charge in [-0.3, -0.25) is 4.68 Å². The van der Waals surface area contributed by atoms with Crippen molar-refractivity contribution in [3.8, 4) is 0 Å². The fourth-order valence-electron chi connectivity index (χ4n) is 1.46. The Balaban J connectivity index is 1.81. The predicted octanol–water partition coefficient (Wildman–Crippen LogP) is -0.431. The van der Waals surface area contributed by atoms with Crippen molar-refractivity contribution >= 4 is 10.0 Å². The fourth-order valence-corrected chi connectivity index (χ4v) is 2.12. The number of aromatic nitrogens is 3. The molecule has 0 saturated carbocycles. The molecule has 0 bridgehead atoms. The van der Waals surface area contributed by atoms with Crippen molar-refractivity contribution in [3.63, 3.8) is 0 Å². The molecular formula is C10H15N5O3S. The quantitative estimate of drug-likeness (QED) is 0.669. The van der Waals surface area contributed by atoms with Gasteiger partial charge in [-0.2, -0.15) is 0 Å². The van der Waals surface area contributed by atoms with Gasteiger partial charge in [-0.25, -0.2) is 13.1 Å². The molecular weight excluding hydrogens is 270 g/mol. The lowest BCUT2D eigenvalue weighted by molar-refractivity contribution is 0.397. The standard InChI is InChI=1S/C10H15N5O3S/c1-11-19(16,17)10-3-2-9(18-10)8-12-4-6-15-7-5-13-14-15/h2-3,5,7,11-12H,4,6,8H2,1H3. The number of nitrogens with zero attached hydrogens (tertiary/aromatic N) is 3. The summed E-state index contributed by atoms with van der Waals surface area (Å²) in [5.74, 6) is 0.562. The minimum absolute atomic E-state index is 0.0805. The fraction of sp³-hybridized carbons (Fsp3) is 0.400. The molecule has 0 aliphatic carbocycles. The topological polar surface area (TPSA) is 102 Å². The zero-order valence-electron chi connectivity index (χ0n) is 10.4. The number of nitrogens with one attached hydrogen (secondary N) is 2. The van der Waals surface area contributed by atoms with Crippen molar-refractivity contribution in [3.05, 3.63) is 30.3 Å². The molecule has 0 aromatic carbocycles. The van der Waals surface area contributed by atoms with Crippen molar-refractivity contribution in [1.82, 2.24) is 25.0 Å². The molecule has 0 aliphatic rings. The SMILES string of the molecule is CNS(=O)(=O)c1ccc(CNCCn2ccnn2)o1. The molecule has 8 nitrogen and oxygen atoms in total. The number of sulfonamides is 1. The first-order valence-electron chi connectivity index (χ1n) is 5.69. The molecule has 0 unspecified atom stereocenters. The van der Waals surface area contributed by atoms with Crippen LogP contribution in [0.15, 0.2) is 34.0 Å². The second-order valence-electron chi connectivity index (χ2n) is 3.77. The van der Waals surface area contributed by atoms with E-state index < -0.39 is 10.0 Å². The molecule has 0 radical (unpaired) electrons. The van der Waals surface area contributed by atoms with E-state index in [4.69, 9.17) is 4.42 Å². The van der Waals surface area contributed by atoms with Crippen LogP contribution < -0.4 is 10.0 Å². The monoisotopic (exact) mass is 285 g/mol. The number of hydrogen-bond donors (Lipinski definition) is 2. The van der Waals surface area contributed by atoms with Crippen molar-refractivity contribution in [2.75, 3.05) is 13.6 Å². The molecule has 2 aromatic heterocycles. The van der Waals surface area contributed by atoms with Crippen LogP contribution in [-0.2, 0) is 23.1 Å². The minimum atomic E-state index is -3.51. The summed E-state index contributed by atoms with van der Waals surface area (Å²) in [5, 5.41) is 10.6. The van der Waals surface area contributed by atoms with E-state index in [1.807, 2.05) is 0 Å². The second-order valence-corrected chi connectivity index (χ2v) is 5.59. The highest BCUT2D eigenvalue weighted by molar-refractivity contribution is 7.89. The Kier molecular flexibility index (Phi) is 4.30. The van der Waals surface area contributed by atoms with Crippen LogP contribution in [0.4, 0.5) is 0 Å². The van der Waals surface area contributed by atoms with Gasteiger partial charge in [-0.15, -0.1) is 5.10 Å². The number of furan rings is 1. The smallest absolute Gasteiger partial charge is 0.273 e. The Hall–Kier alpha value is -1.71. The Bertz CT molecular complexity index is 605. The van der Waals surface area contributed by atoms with Crippen molar-refractivity contribution < 1.29 is 12.8 Å². The van der Waals surface area contributed by atoms with E-state index in [0.29, 0.717) is 25.4 Å². The van der Waals surface area contributed by atoms with Crippen molar-refractivity contribution in [2.45, 2.75) is 18.2 Å². The van der Waals surface area contributed by atoms with Gasteiger partial charge in [0.1, 0.15) is 5.76 Å². The summed E-state index contributed by atoms with van der Waals surface area (Å²) in [5.41, 5.74) is 0. The van der Waals surface area contributed by atoms with Gasteiger partial charge in [0.15, 0.2) is 0 Å². The molecule has 0 spiro atoms. The molecule has 104 valence electrons. The van der Waals surface area contributed by atoms with Gasteiger partial charge in [0, 0.05) is 12.7 Å². The maximum absolute atomic E-state index is 11.5. The van der Waals surface area contributed by atoms with Crippen LogP contribution in [-0.4, -0.2) is 37.0 Å². The van der Waals surface area contributed by atoms with Crippen LogP contribution in [0.2, 0.25) is 0 Å². The molecule has 0 atom stereocenters. The summed E-state index contributed by atoms with van der Waals surface area (Å²) in [4.78, 5) is 0. The van der Waals surface area contributed by atoms with Crippen LogP contribution in [0.5, 0.6) is 0 Å². The summed E-state index contributed by atoms with van der Waals surface area (Å²) >= 11 is 0. The van der Waals surface area contributed by atoms with Crippen molar-refractivity contribution in [2.24, 2.45) is 0 Å². The third-order valence-corrected chi connectivity index (χ3v) is 3.75. The number of hydrogen-bond acceptors (Lipinski definition) is 6. The van der Waals surface area contributed by atoms with Crippen LogP contribution in [0.25, 0.3) is 0 Å². The lowest BCUT2D eigenvalue weighted by Crippen LogP contribution is -2.20. The molecule has 2 heterocycles. The zero-order chi connectivity index (χ0) is 13.7. The van der Waals surface area contributed by atoms with Gasteiger partial charge in [0.05, 0.1) is 19.3 Å². The first-order chi connectivity index (χ1) is 9.12. The summed E-state index contributed by atoms with van der Waals surface area (Å²) in [6, 6.07) is 3.06. The molecule has 2 N–H and O–H groups in total. The van der Waals surface area contributed by atoms with Gasteiger partial charge < -0.3 is 9.73 Å². The number of rotatable bonds is 7. The third kappa shape index (κ3) is 3.63. The van der Waals surface area contributed by atoms with Crippen LogP contribution >= 0.6 is 0 Å². The van der Waals surface area contributed by atoms with Gasteiger partial charge in [0.25, 0.3) is 10.0 Å². The normalized spacial score (nSPS) is 11.8. The lowest BCUT2D eigenvalue weighted by Gasteiger charge is -2.02. The molecule has 2 rings (SSSR count). The second kappa shape index (κ2) is 5.95. The highest BCUT2D eigenvalue weighted by Gasteiger charge is 2.15. The average Bonchev–Trinajstić information content (AvgIpc) is 3.06. The Labute approximate surface area is 110 Å². The Morgan fingerprint density at radius 1 is 1.42 bits per heavy atom. The molecule has 0 aliphatic heterocycles. The summed E-state index contributed by atoms with van der Waals surface area (Å²) < 4.78 is 32.0. The van der Waals surface area contributed by atoms with Gasteiger partial charge >= 0.3 is 0 Å². The molecule has 19 heavy (non-hydrogen) atoms. The summed E-state index contributed by atoms with van der Waals surface area (Å²) in [7, 11) is -2.17. The highest BCUT2D eigenvalue weighted by atomic mass is 32.2. The first kappa shape index (κ1) is 13.7. The Morgan fingerprint density at radius 3 is 2.95 bits per heavy atom. The maximum Gasteiger partial charge on any atom is 0.273 e. The molecule has 2 aromatic rings. The summed E-state index contributed by atoms with van der Waals surface area (Å²) in [6.07, 6.45) is 3.38. The third-order valence-electron chi connectivity index (χ3n) is 2.46. The van der Waals surface area contributed by atoms with E-state index in [9.17, 15) is 8.42 Å². The van der Waals surface area contributed by atoms with Gasteiger partial charge in [-0.1, -0.05) is 5.21 Å². The van der Waals surface area contributed by atoms with Crippen LogP contribution in [0.3, 0.4) is 0 Å². The van der Waals surface area contributed by atoms with E-state index in [1.54, 1.807) is 23.1 Å². The van der Waals surface area contributed by atoms with E-state index in [1.165, 1.54) is 13.1 Å². The van der Waals surface area contributed by atoms with Crippen LogP contribution in [0.1, 0.15) is 5.76 Å². The molecule has 0 amide bonds. The van der Waals surface area contributed by atoms with E-state index in [-0.39, 0.29) is 5.09 Å². The maximum atomic E-state index is 11.5. The van der Waals surface area contributed by atoms with E-state index >= 15 is 0 Å². The minimum Gasteiger partial charge on any atom is -0.447 e. The average molecular weight is 285 g/mol. The first-order valence-corrected chi connectivity index (χ1v) is 7.17. The largest absolute Gasteiger partial charge is 0.447 e.